The summed E-state index contributed by atoms with van der Waals surface area (Å²) in [5.74, 6) is -2.33. The van der Waals surface area contributed by atoms with E-state index in [-0.39, 0.29) is 5.41 Å². The van der Waals surface area contributed by atoms with Crippen molar-refractivity contribution in [1.82, 2.24) is 0 Å². The van der Waals surface area contributed by atoms with Gasteiger partial charge in [0.25, 0.3) is 0 Å². The molecule has 2 unspecified atom stereocenters. The van der Waals surface area contributed by atoms with Gasteiger partial charge in [-0.1, -0.05) is 285 Å². The molecule has 3 N–H and O–H groups in total. The zero-order valence-electron chi connectivity index (χ0n) is 51.7. The number of alkyl halides is 3. The first-order valence-corrected chi connectivity index (χ1v) is 36.9. The van der Waals surface area contributed by atoms with E-state index in [9.17, 15) is 28.2 Å². The lowest BCUT2D eigenvalue weighted by molar-refractivity contribution is -0.192. The van der Waals surface area contributed by atoms with Crippen molar-refractivity contribution in [2.75, 3.05) is 0 Å². The van der Waals surface area contributed by atoms with Crippen LogP contribution >= 0.6 is 45.3 Å². The van der Waals surface area contributed by atoms with Gasteiger partial charge in [0.05, 0.1) is 20.0 Å². The van der Waals surface area contributed by atoms with Gasteiger partial charge in [0.2, 0.25) is 0 Å². The van der Waals surface area contributed by atoms with Gasteiger partial charge in [0, 0.05) is 21.6 Å². The molecule has 2 atom stereocenters. The van der Waals surface area contributed by atoms with Crippen molar-refractivity contribution in [2.24, 2.45) is 0 Å². The molecule has 0 aromatic carbocycles. The molecule has 0 bridgehead atoms. The Morgan fingerprint density at radius 3 is 0.902 bits per heavy atom. The van der Waals surface area contributed by atoms with E-state index in [2.05, 4.69) is 73.5 Å². The van der Waals surface area contributed by atoms with Gasteiger partial charge in [-0.25, -0.2) is 4.79 Å². The summed E-state index contributed by atoms with van der Waals surface area (Å²) in [7, 11) is 0. The molecule has 2 aliphatic rings. The van der Waals surface area contributed by atoms with Crippen LogP contribution in [0.25, 0.3) is 19.5 Å². The predicted octanol–water partition coefficient (Wildman–Crippen LogP) is 24.7. The Hall–Kier alpha value is -2.35. The minimum Gasteiger partial charge on any atom is -0.475 e. The van der Waals surface area contributed by atoms with Crippen LogP contribution in [0.4, 0.5) is 13.2 Å². The quantitative estimate of drug-likeness (QED) is 0.0384. The van der Waals surface area contributed by atoms with E-state index in [1.54, 1.807) is 34.0 Å². The molecule has 2 aliphatic carbocycles. The summed E-state index contributed by atoms with van der Waals surface area (Å²) in [6.45, 7) is 9.13. The molecule has 0 spiro atoms. The number of rotatable bonds is 44. The smallest absolute Gasteiger partial charge is 0.475 e. The number of hydrogen-bond acceptors (Lipinski definition) is 8. The van der Waals surface area contributed by atoms with Crippen molar-refractivity contribution in [3.05, 3.63) is 68.0 Å². The van der Waals surface area contributed by atoms with E-state index >= 15 is 0 Å². The Bertz CT molecular complexity index is 2180. The number of halogens is 3. The van der Waals surface area contributed by atoms with Crippen molar-refractivity contribution < 1.29 is 38.1 Å². The van der Waals surface area contributed by atoms with E-state index in [1.165, 1.54) is 256 Å². The maximum Gasteiger partial charge on any atom is 0.490 e. The highest BCUT2D eigenvalue weighted by atomic mass is 32.1. The Kier molecular flexibility index (Phi) is 36.0. The second kappa shape index (κ2) is 40.9. The third-order valence-electron chi connectivity index (χ3n) is 17.8. The number of carboxylic acids is 1. The lowest BCUT2D eigenvalue weighted by atomic mass is 9.65. The zero-order valence-corrected chi connectivity index (χ0v) is 54.9. The fourth-order valence-corrected chi connectivity index (χ4v) is 17.1. The molecule has 0 fully saturated rings. The van der Waals surface area contributed by atoms with Gasteiger partial charge in [0.1, 0.15) is 11.2 Å². The van der Waals surface area contributed by atoms with Gasteiger partial charge in [-0.15, -0.1) is 45.3 Å². The molecule has 4 heterocycles. The molecule has 0 saturated heterocycles. The van der Waals surface area contributed by atoms with Crippen LogP contribution in [0.1, 0.15) is 337 Å². The summed E-state index contributed by atoms with van der Waals surface area (Å²) in [6.07, 6.45) is 50.9. The number of carbonyl (C=O) groups excluding carboxylic acids is 1. The molecule has 0 amide bonds. The molecule has 0 aliphatic heterocycles. The van der Waals surface area contributed by atoms with Crippen LogP contribution in [0.5, 0.6) is 0 Å². The highest BCUT2D eigenvalue weighted by Crippen LogP contribution is 2.59. The van der Waals surface area contributed by atoms with Crippen molar-refractivity contribution in [3.8, 4) is 19.5 Å². The maximum absolute atomic E-state index is 14.1. The summed E-state index contributed by atoms with van der Waals surface area (Å²) in [5, 5.41) is 40.3. The van der Waals surface area contributed by atoms with Gasteiger partial charge >= 0.3 is 12.1 Å². The molecule has 4 aromatic heterocycles. The van der Waals surface area contributed by atoms with Crippen LogP contribution < -0.4 is 0 Å². The molecule has 0 saturated carbocycles. The second-order valence-corrected chi connectivity index (χ2v) is 28.0. The lowest BCUT2D eigenvalue weighted by Crippen LogP contribution is -2.51. The molecule has 0 radical (unpaired) electrons. The van der Waals surface area contributed by atoms with Crippen LogP contribution in [-0.2, 0) is 21.4 Å². The number of carboxylic acid groups (broad SMARTS) is 1. The van der Waals surface area contributed by atoms with Crippen molar-refractivity contribution in [3.63, 3.8) is 0 Å². The molecule has 12 heteroatoms. The third-order valence-corrected chi connectivity index (χ3v) is 21.8. The molecule has 4 aromatic rings. The normalized spacial score (nSPS) is 16.9. The standard InChI is InChI=1S/C34H56O2S2.C34H54OS2.C2HF3O2/c1-3-5-7-9-11-13-15-17-19-21-25-33(35)29-23-27-37-31(29)32-30(24-28-38-32)34(33,36)26-22-20-18-16-14-12-10-8-6-4-2;1-3-5-7-9-11-13-15-17-19-21-25-34(26-22-20-18-16-14-12-10-8-6-4-2)30-24-28-37-32(30)31-29(33(34)35)23-27-36-31;3-2(4,5)1(6)7/h23-24,27-28,35-36H,3-22,25-26H2,1-2H3;23-24,27-28H,3-22,25-26H2,1-2H3;(H,6,7). The fourth-order valence-electron chi connectivity index (χ4n) is 12.8. The fraction of sp³-hybridized carbons (Fsp3) is 0.743. The van der Waals surface area contributed by atoms with Gasteiger partial charge in [-0.2, -0.15) is 13.2 Å². The van der Waals surface area contributed by atoms with Gasteiger partial charge < -0.3 is 15.3 Å². The predicted molar refractivity (Wildman–Crippen MR) is 349 cm³/mol. The topological polar surface area (TPSA) is 94.8 Å². The van der Waals surface area contributed by atoms with E-state index in [4.69, 9.17) is 9.90 Å². The van der Waals surface area contributed by atoms with Crippen LogP contribution in [0, 0.1) is 0 Å². The van der Waals surface area contributed by atoms with E-state index in [0.29, 0.717) is 18.6 Å². The summed E-state index contributed by atoms with van der Waals surface area (Å²) in [4.78, 5) is 27.9. The molecule has 6 rings (SSSR count). The van der Waals surface area contributed by atoms with Crippen LogP contribution in [0.2, 0.25) is 0 Å². The summed E-state index contributed by atoms with van der Waals surface area (Å²) in [6, 6.07) is 8.58. The maximum atomic E-state index is 14.1. The van der Waals surface area contributed by atoms with Crippen LogP contribution in [0.3, 0.4) is 0 Å². The summed E-state index contributed by atoms with van der Waals surface area (Å²) < 4.78 is 31.7. The van der Waals surface area contributed by atoms with E-state index < -0.39 is 23.3 Å². The molecule has 82 heavy (non-hydrogen) atoms. The number of aliphatic carboxylic acids is 1. The first-order chi connectivity index (χ1) is 39.8. The zero-order chi connectivity index (χ0) is 59.4. The second-order valence-electron chi connectivity index (χ2n) is 24.3. The number of ketones is 1. The first kappa shape index (κ1) is 72.1. The monoisotopic (exact) mass is 1220 g/mol. The number of Topliss-reactive ketones (excluding diaryl/α,β-unsaturated/α-hetero) is 1. The lowest BCUT2D eigenvalue weighted by Gasteiger charge is -2.47. The highest BCUT2D eigenvalue weighted by Gasteiger charge is 2.56. The largest absolute Gasteiger partial charge is 0.490 e. The molecule has 5 nitrogen and oxygen atoms in total. The summed E-state index contributed by atoms with van der Waals surface area (Å²) in [5.41, 5.74) is 1.68. The van der Waals surface area contributed by atoms with Gasteiger partial charge in [-0.05, 0) is 77.0 Å². The van der Waals surface area contributed by atoms with Crippen LogP contribution in [0.15, 0.2) is 45.8 Å². The number of carbonyl (C=O) groups is 2. The Labute approximate surface area is 512 Å². The van der Waals surface area contributed by atoms with Crippen molar-refractivity contribution in [2.45, 2.75) is 333 Å². The molecule has 466 valence electrons. The molecular weight excluding hydrogens is 1110 g/mol. The first-order valence-electron chi connectivity index (χ1n) is 33.4. The minimum atomic E-state index is -5.08. The Balaban J connectivity index is 0.000000315. The SMILES string of the molecule is CCCCCCCCCCCCC1(CCCCCCCCCCCC)C(=O)c2ccsc2-c2sccc21.CCCCCCCCCCCCC1(O)c2ccsc2-c2sccc2C1(O)CCCCCCCCCCCC.O=C(O)C(F)(F)F. The average Bonchev–Trinajstić information content (AvgIpc) is 4.09. The van der Waals surface area contributed by atoms with E-state index in [0.717, 1.165) is 55.2 Å². The third kappa shape index (κ3) is 23.1. The van der Waals surface area contributed by atoms with Gasteiger partial charge in [0.15, 0.2) is 5.78 Å². The Morgan fingerprint density at radius 2 is 0.610 bits per heavy atom. The van der Waals surface area contributed by atoms with Crippen LogP contribution in [-0.4, -0.2) is 33.2 Å². The number of aliphatic hydroxyl groups is 2. The van der Waals surface area contributed by atoms with Crippen molar-refractivity contribution in [1.29, 1.82) is 0 Å². The van der Waals surface area contributed by atoms with Crippen molar-refractivity contribution >= 4 is 57.1 Å². The number of hydrogen-bond donors (Lipinski definition) is 3. The number of unbranched alkanes of at least 4 members (excludes halogenated alkanes) is 36. The Morgan fingerprint density at radius 1 is 0.378 bits per heavy atom. The minimum absolute atomic E-state index is 0.274. The average molecular weight is 1220 g/mol. The number of thiophene rings is 4. The number of fused-ring (bicyclic) bond motifs is 6. The van der Waals surface area contributed by atoms with E-state index in [1.807, 2.05) is 11.3 Å². The highest BCUT2D eigenvalue weighted by molar-refractivity contribution is 7.21. The molecular formula is C70H111F3O5S4. The van der Waals surface area contributed by atoms with Gasteiger partial charge in [-0.3, -0.25) is 4.79 Å². The summed E-state index contributed by atoms with van der Waals surface area (Å²) >= 11 is 7.04.